The molecule has 21 heavy (non-hydrogen) atoms. The number of imide groups is 1. The van der Waals surface area contributed by atoms with Crippen LogP contribution in [0.5, 0.6) is 0 Å². The van der Waals surface area contributed by atoms with Crippen LogP contribution in [0.1, 0.15) is 0 Å². The Labute approximate surface area is 119 Å². The zero-order valence-electron chi connectivity index (χ0n) is 11.4. The molecule has 0 aliphatic carbocycles. The van der Waals surface area contributed by atoms with Crippen molar-refractivity contribution in [2.75, 3.05) is 14.1 Å². The van der Waals surface area contributed by atoms with Gasteiger partial charge in [-0.05, 0) is 12.1 Å². The van der Waals surface area contributed by atoms with Crippen molar-refractivity contribution in [1.82, 2.24) is 9.80 Å². The van der Waals surface area contributed by atoms with Crippen molar-refractivity contribution >= 4 is 29.1 Å². The van der Waals surface area contributed by atoms with E-state index >= 15 is 0 Å². The van der Waals surface area contributed by atoms with E-state index in [0.29, 0.717) is 5.69 Å². The molecule has 0 spiro atoms. The van der Waals surface area contributed by atoms with Gasteiger partial charge in [0.05, 0.1) is 10.6 Å². The summed E-state index contributed by atoms with van der Waals surface area (Å²) in [5.74, 6) is -0.462. The quantitative estimate of drug-likeness (QED) is 0.627. The number of nitro benzene ring substituents is 1. The van der Waals surface area contributed by atoms with Crippen LogP contribution in [0.3, 0.4) is 0 Å². The van der Waals surface area contributed by atoms with E-state index in [0.717, 1.165) is 4.90 Å². The summed E-state index contributed by atoms with van der Waals surface area (Å²) in [5, 5.41) is 10.6. The topological polar surface area (TPSA) is 122 Å². The molecule has 0 radical (unpaired) electrons. The van der Waals surface area contributed by atoms with E-state index < -0.39 is 22.9 Å². The number of urea groups is 1. The molecular weight excluding hydrogens is 278 g/mol. The number of amides is 3. The average molecular weight is 291 g/mol. The van der Waals surface area contributed by atoms with E-state index in [9.17, 15) is 19.7 Å². The van der Waals surface area contributed by atoms with Gasteiger partial charge in [-0.15, -0.1) is 0 Å². The molecule has 0 saturated carbocycles. The van der Waals surface area contributed by atoms with Gasteiger partial charge in [0.2, 0.25) is 0 Å². The fourth-order valence-corrected chi connectivity index (χ4v) is 1.87. The van der Waals surface area contributed by atoms with Gasteiger partial charge in [-0.2, -0.15) is 0 Å². The molecule has 1 atom stereocenters. The lowest BCUT2D eigenvalue weighted by Crippen LogP contribution is -2.62. The number of nitro groups is 1. The van der Waals surface area contributed by atoms with Gasteiger partial charge < -0.3 is 5.73 Å². The second-order valence-corrected chi connectivity index (χ2v) is 4.46. The van der Waals surface area contributed by atoms with Crippen LogP contribution in [0.25, 0.3) is 0 Å². The number of carbonyl (C=O) groups is 2. The third-order valence-corrected chi connectivity index (χ3v) is 3.10. The molecule has 1 saturated heterocycles. The Morgan fingerprint density at radius 2 is 1.76 bits per heavy atom. The van der Waals surface area contributed by atoms with Gasteiger partial charge >= 0.3 is 6.03 Å². The summed E-state index contributed by atoms with van der Waals surface area (Å²) >= 11 is 0. The van der Waals surface area contributed by atoms with Crippen LogP contribution in [-0.4, -0.2) is 52.6 Å². The van der Waals surface area contributed by atoms with E-state index in [1.807, 2.05) is 0 Å². The normalized spacial score (nSPS) is 21.1. The molecule has 3 amide bonds. The molecule has 2 N–H and O–H groups in total. The molecule has 9 nitrogen and oxygen atoms in total. The molecule has 1 aromatic rings. The maximum absolute atomic E-state index is 11.8. The molecule has 1 heterocycles. The highest BCUT2D eigenvalue weighted by atomic mass is 16.6. The number of rotatable bonds is 2. The predicted octanol–water partition coefficient (Wildman–Crippen LogP) is 0.476. The first kappa shape index (κ1) is 14.6. The Kier molecular flexibility index (Phi) is 3.68. The second-order valence-electron chi connectivity index (χ2n) is 4.46. The smallest absolute Gasteiger partial charge is 0.314 e. The molecule has 1 unspecified atom stereocenters. The summed E-state index contributed by atoms with van der Waals surface area (Å²) < 4.78 is 0. The van der Waals surface area contributed by atoms with Crippen LogP contribution < -0.4 is 5.73 Å². The zero-order valence-corrected chi connectivity index (χ0v) is 11.4. The number of amidine groups is 1. The number of non-ortho nitro benzene ring substituents is 1. The van der Waals surface area contributed by atoms with E-state index in [4.69, 9.17) is 5.73 Å². The minimum Gasteiger partial charge on any atom is -0.314 e. The number of carbonyl (C=O) groups excluding carboxylic acids is 2. The van der Waals surface area contributed by atoms with Gasteiger partial charge in [-0.3, -0.25) is 24.7 Å². The van der Waals surface area contributed by atoms with Crippen LogP contribution in [0.4, 0.5) is 16.2 Å². The van der Waals surface area contributed by atoms with E-state index in [-0.39, 0.29) is 11.5 Å². The van der Waals surface area contributed by atoms with Crippen molar-refractivity contribution in [3.63, 3.8) is 0 Å². The first-order valence-electron chi connectivity index (χ1n) is 5.97. The van der Waals surface area contributed by atoms with Crippen molar-refractivity contribution in [3.8, 4) is 0 Å². The number of hydrogen-bond acceptors (Lipinski definition) is 6. The molecule has 1 aromatic carbocycles. The fourth-order valence-electron chi connectivity index (χ4n) is 1.87. The Morgan fingerprint density at radius 3 is 2.29 bits per heavy atom. The number of benzene rings is 1. The van der Waals surface area contributed by atoms with Gasteiger partial charge in [0.25, 0.3) is 11.6 Å². The minimum absolute atomic E-state index is 0.0767. The minimum atomic E-state index is -1.06. The number of likely N-dealkylation sites (N-methyl/N-ethyl adjacent to an activating group) is 2. The molecule has 1 aliphatic heterocycles. The van der Waals surface area contributed by atoms with Crippen LogP contribution in [0.2, 0.25) is 0 Å². The lowest BCUT2D eigenvalue weighted by atomic mass is 10.2. The number of hydrogen-bond donors (Lipinski definition) is 1. The molecule has 1 aliphatic rings. The van der Waals surface area contributed by atoms with Crippen molar-refractivity contribution in [2.24, 2.45) is 10.7 Å². The van der Waals surface area contributed by atoms with Crippen molar-refractivity contribution in [3.05, 3.63) is 34.4 Å². The molecule has 0 bridgehead atoms. The van der Waals surface area contributed by atoms with Gasteiger partial charge in [0.1, 0.15) is 11.9 Å². The average Bonchev–Trinajstić information content (AvgIpc) is 2.48. The van der Waals surface area contributed by atoms with Crippen LogP contribution >= 0.6 is 0 Å². The molecule has 2 rings (SSSR count). The van der Waals surface area contributed by atoms with Gasteiger partial charge in [0.15, 0.2) is 0 Å². The summed E-state index contributed by atoms with van der Waals surface area (Å²) in [7, 11) is 2.79. The van der Waals surface area contributed by atoms with Crippen molar-refractivity contribution in [1.29, 1.82) is 0 Å². The Morgan fingerprint density at radius 1 is 1.19 bits per heavy atom. The number of aliphatic imine (C=N–C) groups is 1. The number of nitrogens with two attached hydrogens (primary N) is 1. The van der Waals surface area contributed by atoms with Crippen molar-refractivity contribution < 1.29 is 14.5 Å². The van der Waals surface area contributed by atoms with E-state index in [1.54, 1.807) is 0 Å². The predicted molar refractivity (Wildman–Crippen MR) is 74.1 cm³/mol. The highest BCUT2D eigenvalue weighted by molar-refractivity contribution is 6.20. The van der Waals surface area contributed by atoms with Gasteiger partial charge in [0, 0.05) is 26.2 Å². The molecule has 110 valence electrons. The maximum Gasteiger partial charge on any atom is 0.331 e. The largest absolute Gasteiger partial charge is 0.331 e. The van der Waals surface area contributed by atoms with Crippen LogP contribution in [0.15, 0.2) is 29.3 Å². The third-order valence-electron chi connectivity index (χ3n) is 3.10. The van der Waals surface area contributed by atoms with Gasteiger partial charge in [-0.25, -0.2) is 9.79 Å². The van der Waals surface area contributed by atoms with Crippen LogP contribution in [-0.2, 0) is 4.79 Å². The van der Waals surface area contributed by atoms with E-state index in [2.05, 4.69) is 4.99 Å². The summed E-state index contributed by atoms with van der Waals surface area (Å²) in [6, 6.07) is 3.79. The molecule has 0 aromatic heterocycles. The third kappa shape index (κ3) is 2.58. The SMILES string of the molecule is CN1C(=O)C(N)C(=Nc2ccc([N+](=O)[O-])cc2)N(C)C1=O. The number of nitrogens with zero attached hydrogens (tertiary/aromatic N) is 4. The molecule has 1 fully saturated rings. The lowest BCUT2D eigenvalue weighted by molar-refractivity contribution is -0.384. The fraction of sp³-hybridized carbons (Fsp3) is 0.250. The second kappa shape index (κ2) is 5.29. The standard InChI is InChI=1S/C12H13N5O4/c1-15-10(9(13)11(18)16(2)12(15)19)14-7-3-5-8(6-4-7)17(20)21/h3-6,9H,13H2,1-2H3. The van der Waals surface area contributed by atoms with Crippen molar-refractivity contribution in [2.45, 2.75) is 6.04 Å². The first-order chi connectivity index (χ1) is 9.82. The van der Waals surface area contributed by atoms with Crippen LogP contribution in [0, 0.1) is 10.1 Å². The van der Waals surface area contributed by atoms with E-state index in [1.165, 1.54) is 43.3 Å². The summed E-state index contributed by atoms with van der Waals surface area (Å²) in [6.45, 7) is 0. The Balaban J connectivity index is 2.36. The molecular formula is C12H13N5O4. The zero-order chi connectivity index (χ0) is 15.7. The highest BCUT2D eigenvalue weighted by Crippen LogP contribution is 2.20. The highest BCUT2D eigenvalue weighted by Gasteiger charge is 2.38. The summed E-state index contributed by atoms with van der Waals surface area (Å²) in [5.41, 5.74) is 6.05. The van der Waals surface area contributed by atoms with Gasteiger partial charge in [-0.1, -0.05) is 0 Å². The summed E-state index contributed by atoms with van der Waals surface area (Å²) in [6.07, 6.45) is 0. The monoisotopic (exact) mass is 291 g/mol. The summed E-state index contributed by atoms with van der Waals surface area (Å²) in [4.78, 5) is 39.9. The molecule has 9 heteroatoms. The Bertz CT molecular complexity index is 616. The maximum atomic E-state index is 11.8. The lowest BCUT2D eigenvalue weighted by Gasteiger charge is -2.33. The Hall–Kier alpha value is -2.81. The first-order valence-corrected chi connectivity index (χ1v) is 5.97.